The maximum atomic E-state index is 12.3. The first-order chi connectivity index (χ1) is 10.2. The molecule has 0 saturated heterocycles. The number of nitrogens with two attached hydrogens (primary N) is 1. The van der Waals surface area contributed by atoms with Crippen molar-refractivity contribution in [3.63, 3.8) is 0 Å². The summed E-state index contributed by atoms with van der Waals surface area (Å²) in [7, 11) is 0. The van der Waals surface area contributed by atoms with Gasteiger partial charge in [0.15, 0.2) is 0 Å². The molecular weight excluding hydrogens is 282 g/mol. The van der Waals surface area contributed by atoms with Crippen LogP contribution >= 0.6 is 0 Å². The molecule has 22 heavy (non-hydrogen) atoms. The summed E-state index contributed by atoms with van der Waals surface area (Å²) in [4.78, 5) is 24.1. The average Bonchev–Trinajstić information content (AvgIpc) is 2.38. The zero-order valence-corrected chi connectivity index (χ0v) is 13.2. The fraction of sp³-hybridized carbons (Fsp3) is 0.375. The van der Waals surface area contributed by atoms with Crippen molar-refractivity contribution in [3.05, 3.63) is 36.9 Å². The summed E-state index contributed by atoms with van der Waals surface area (Å²) in [5.41, 5.74) is 6.09. The summed E-state index contributed by atoms with van der Waals surface area (Å²) in [6.45, 7) is 8.84. The van der Waals surface area contributed by atoms with Gasteiger partial charge in [-0.2, -0.15) is 0 Å². The molecule has 0 aliphatic rings. The number of nitrogen functional groups attached to an aromatic ring is 1. The average molecular weight is 305 g/mol. The maximum absolute atomic E-state index is 12.3. The smallest absolute Gasteiger partial charge is 0.408 e. The van der Waals surface area contributed by atoms with E-state index in [1.165, 1.54) is 0 Å². The van der Waals surface area contributed by atoms with E-state index in [0.29, 0.717) is 11.4 Å². The van der Waals surface area contributed by atoms with Crippen LogP contribution in [0.3, 0.4) is 0 Å². The lowest BCUT2D eigenvalue weighted by molar-refractivity contribution is -0.118. The van der Waals surface area contributed by atoms with Crippen LogP contribution in [-0.2, 0) is 9.53 Å². The number of rotatable bonds is 5. The van der Waals surface area contributed by atoms with Gasteiger partial charge in [0.05, 0.1) is 11.4 Å². The van der Waals surface area contributed by atoms with E-state index >= 15 is 0 Å². The van der Waals surface area contributed by atoms with Crippen LogP contribution in [0.15, 0.2) is 36.9 Å². The number of para-hydroxylation sites is 2. The summed E-state index contributed by atoms with van der Waals surface area (Å²) in [6.07, 6.45) is 1.17. The molecule has 0 radical (unpaired) electrons. The molecule has 0 aliphatic heterocycles. The normalized spacial score (nSPS) is 12.1. The Kier molecular flexibility index (Phi) is 5.98. The number of carbonyl (C=O) groups excluding carboxylic acids is 2. The van der Waals surface area contributed by atoms with E-state index in [0.717, 1.165) is 0 Å². The van der Waals surface area contributed by atoms with E-state index in [1.807, 2.05) is 0 Å². The Morgan fingerprint density at radius 1 is 1.36 bits per heavy atom. The van der Waals surface area contributed by atoms with Crippen LogP contribution in [0.5, 0.6) is 0 Å². The van der Waals surface area contributed by atoms with Gasteiger partial charge in [-0.05, 0) is 39.3 Å². The third-order valence-electron chi connectivity index (χ3n) is 2.63. The van der Waals surface area contributed by atoms with Crippen molar-refractivity contribution in [1.82, 2.24) is 5.32 Å². The number of carbonyl (C=O) groups is 2. The first-order valence-electron chi connectivity index (χ1n) is 6.98. The molecule has 0 heterocycles. The van der Waals surface area contributed by atoms with Crippen molar-refractivity contribution < 1.29 is 14.3 Å². The molecule has 0 bridgehead atoms. The van der Waals surface area contributed by atoms with Gasteiger partial charge in [0, 0.05) is 0 Å². The lowest BCUT2D eigenvalue weighted by Crippen LogP contribution is -2.45. The summed E-state index contributed by atoms with van der Waals surface area (Å²) >= 11 is 0. The first-order valence-corrected chi connectivity index (χ1v) is 6.98. The Morgan fingerprint density at radius 3 is 2.55 bits per heavy atom. The fourth-order valence-electron chi connectivity index (χ4n) is 1.68. The molecule has 0 saturated carbocycles. The van der Waals surface area contributed by atoms with E-state index < -0.39 is 17.7 Å². The van der Waals surface area contributed by atoms with Gasteiger partial charge in [-0.25, -0.2) is 4.79 Å². The Bertz CT molecular complexity index is 550. The predicted molar refractivity (Wildman–Crippen MR) is 87.5 cm³/mol. The van der Waals surface area contributed by atoms with Crippen LogP contribution < -0.4 is 16.4 Å². The van der Waals surface area contributed by atoms with Crippen LogP contribution in [0.25, 0.3) is 0 Å². The molecule has 120 valence electrons. The highest BCUT2D eigenvalue weighted by atomic mass is 16.6. The Labute approximate surface area is 130 Å². The quantitative estimate of drug-likeness (QED) is 0.576. The lowest BCUT2D eigenvalue weighted by Gasteiger charge is -2.23. The van der Waals surface area contributed by atoms with E-state index in [2.05, 4.69) is 17.2 Å². The molecule has 0 unspecified atom stereocenters. The zero-order valence-electron chi connectivity index (χ0n) is 13.2. The van der Waals surface area contributed by atoms with E-state index in [-0.39, 0.29) is 12.3 Å². The molecule has 0 aliphatic carbocycles. The van der Waals surface area contributed by atoms with E-state index in [1.54, 1.807) is 51.1 Å². The Balaban J connectivity index is 2.73. The minimum atomic E-state index is -0.785. The van der Waals surface area contributed by atoms with Crippen molar-refractivity contribution in [3.8, 4) is 0 Å². The summed E-state index contributed by atoms with van der Waals surface area (Å²) in [5.74, 6) is -0.386. The standard InChI is InChI=1S/C16H23N3O3/c1-5-8-13(19-15(21)22-16(2,3)4)14(20)18-12-10-7-6-9-11(12)17/h5-7,9-10,13H,1,8,17H2,2-4H3,(H,18,20)(H,19,21)/t13-/m0/s1. The number of anilines is 2. The highest BCUT2D eigenvalue weighted by Gasteiger charge is 2.23. The predicted octanol–water partition coefficient (Wildman–Crippen LogP) is 2.68. The van der Waals surface area contributed by atoms with Gasteiger partial charge in [-0.15, -0.1) is 6.58 Å². The van der Waals surface area contributed by atoms with Crippen molar-refractivity contribution in [2.75, 3.05) is 11.1 Å². The van der Waals surface area contributed by atoms with Gasteiger partial charge in [-0.1, -0.05) is 18.2 Å². The van der Waals surface area contributed by atoms with Gasteiger partial charge < -0.3 is 21.1 Å². The molecule has 6 heteroatoms. The fourth-order valence-corrected chi connectivity index (χ4v) is 1.68. The molecule has 1 atom stereocenters. The highest BCUT2D eigenvalue weighted by molar-refractivity contribution is 5.98. The number of benzene rings is 1. The van der Waals surface area contributed by atoms with Crippen molar-refractivity contribution in [1.29, 1.82) is 0 Å². The Morgan fingerprint density at radius 2 is 2.00 bits per heavy atom. The highest BCUT2D eigenvalue weighted by Crippen LogP contribution is 2.17. The third-order valence-corrected chi connectivity index (χ3v) is 2.63. The molecule has 1 aromatic rings. The largest absolute Gasteiger partial charge is 0.444 e. The second-order valence-electron chi connectivity index (χ2n) is 5.80. The zero-order chi connectivity index (χ0) is 16.8. The van der Waals surface area contributed by atoms with Gasteiger partial charge in [0.25, 0.3) is 0 Å². The van der Waals surface area contributed by atoms with Crippen LogP contribution in [0, 0.1) is 0 Å². The van der Waals surface area contributed by atoms with Crippen molar-refractivity contribution >= 4 is 23.4 Å². The minimum absolute atomic E-state index is 0.276. The van der Waals surface area contributed by atoms with E-state index in [4.69, 9.17) is 10.5 Å². The summed E-state index contributed by atoms with van der Waals surface area (Å²) in [5, 5.41) is 5.21. The number of ether oxygens (including phenoxy) is 1. The SMILES string of the molecule is C=CC[C@H](NC(=O)OC(C)(C)C)C(=O)Nc1ccccc1N. The van der Waals surface area contributed by atoms with Gasteiger partial charge in [0.1, 0.15) is 11.6 Å². The molecule has 0 spiro atoms. The molecule has 6 nitrogen and oxygen atoms in total. The van der Waals surface area contributed by atoms with Crippen LogP contribution in [0.2, 0.25) is 0 Å². The maximum Gasteiger partial charge on any atom is 0.408 e. The molecule has 4 N–H and O–H groups in total. The van der Waals surface area contributed by atoms with Crippen LogP contribution in [-0.4, -0.2) is 23.6 Å². The second kappa shape index (κ2) is 7.49. The molecule has 2 amide bonds. The summed E-state index contributed by atoms with van der Waals surface area (Å²) in [6, 6.07) is 6.11. The Hall–Kier alpha value is -2.50. The molecular formula is C16H23N3O3. The first kappa shape index (κ1) is 17.6. The molecule has 1 rings (SSSR count). The lowest BCUT2D eigenvalue weighted by atomic mass is 10.1. The monoisotopic (exact) mass is 305 g/mol. The second-order valence-corrected chi connectivity index (χ2v) is 5.80. The topological polar surface area (TPSA) is 93.4 Å². The number of hydrogen-bond acceptors (Lipinski definition) is 4. The third kappa shape index (κ3) is 5.87. The van der Waals surface area contributed by atoms with E-state index in [9.17, 15) is 9.59 Å². The minimum Gasteiger partial charge on any atom is -0.444 e. The molecule has 0 aromatic heterocycles. The number of nitrogens with one attached hydrogen (secondary N) is 2. The van der Waals surface area contributed by atoms with Gasteiger partial charge in [0.2, 0.25) is 5.91 Å². The number of amides is 2. The van der Waals surface area contributed by atoms with Gasteiger partial charge >= 0.3 is 6.09 Å². The van der Waals surface area contributed by atoms with Gasteiger partial charge in [-0.3, -0.25) is 4.79 Å². The van der Waals surface area contributed by atoms with Crippen LogP contribution in [0.4, 0.5) is 16.2 Å². The molecule has 0 fully saturated rings. The van der Waals surface area contributed by atoms with Crippen LogP contribution in [0.1, 0.15) is 27.2 Å². The van der Waals surface area contributed by atoms with Crippen molar-refractivity contribution in [2.24, 2.45) is 0 Å². The number of hydrogen-bond donors (Lipinski definition) is 3. The molecule has 1 aromatic carbocycles. The van der Waals surface area contributed by atoms with Crippen molar-refractivity contribution in [2.45, 2.75) is 38.8 Å². The summed E-state index contributed by atoms with van der Waals surface area (Å²) < 4.78 is 5.15. The number of alkyl carbamates (subject to hydrolysis) is 1.